The lowest BCUT2D eigenvalue weighted by Crippen LogP contribution is -2.55. The average molecular weight is 571 g/mol. The fourth-order valence-electron chi connectivity index (χ4n) is 7.25. The summed E-state index contributed by atoms with van der Waals surface area (Å²) < 4.78 is 3.50. The van der Waals surface area contributed by atoms with Crippen LogP contribution in [0.1, 0.15) is 44.4 Å². The molecule has 11 nitrogen and oxygen atoms in total. The molecule has 1 saturated heterocycles. The van der Waals surface area contributed by atoms with Crippen LogP contribution in [0.15, 0.2) is 46.7 Å². The minimum absolute atomic E-state index is 0.0324. The van der Waals surface area contributed by atoms with E-state index in [1.165, 1.54) is 15.8 Å². The fraction of sp³-hybridized carbons (Fsp3) is 0.484. The van der Waals surface area contributed by atoms with Gasteiger partial charge in [-0.25, -0.2) is 4.98 Å². The number of allylic oxidation sites excluding steroid dienone is 1. The third kappa shape index (κ3) is 4.42. The van der Waals surface area contributed by atoms with Crippen LogP contribution in [0, 0.1) is 5.41 Å². The van der Waals surface area contributed by atoms with Gasteiger partial charge in [0, 0.05) is 68.5 Å². The number of pyridine rings is 2. The number of hydrogen-bond acceptors (Lipinski definition) is 8. The summed E-state index contributed by atoms with van der Waals surface area (Å²) in [5, 5.41) is 18.5. The molecule has 11 heteroatoms. The maximum Gasteiger partial charge on any atom is 0.274 e. The van der Waals surface area contributed by atoms with Crippen LogP contribution in [0.3, 0.4) is 0 Å². The highest BCUT2D eigenvalue weighted by atomic mass is 16.3. The molecule has 3 aliphatic heterocycles. The quantitative estimate of drug-likeness (QED) is 0.482. The summed E-state index contributed by atoms with van der Waals surface area (Å²) >= 11 is 0. The smallest absolute Gasteiger partial charge is 0.274 e. The van der Waals surface area contributed by atoms with Crippen molar-refractivity contribution in [3.63, 3.8) is 0 Å². The van der Waals surface area contributed by atoms with Gasteiger partial charge in [0.05, 0.1) is 18.8 Å². The Kier molecular flexibility index (Phi) is 6.28. The van der Waals surface area contributed by atoms with Crippen LogP contribution >= 0.6 is 0 Å². The monoisotopic (exact) mass is 570 g/mol. The highest BCUT2D eigenvalue weighted by molar-refractivity contribution is 5.99. The average Bonchev–Trinajstić information content (AvgIpc) is 3.60. The van der Waals surface area contributed by atoms with Crippen molar-refractivity contribution in [3.8, 4) is 11.1 Å². The van der Waals surface area contributed by atoms with Gasteiger partial charge >= 0.3 is 0 Å². The molecule has 220 valence electrons. The molecular formula is C31H38N8O3. The first kappa shape index (κ1) is 26.9. The van der Waals surface area contributed by atoms with Gasteiger partial charge < -0.3 is 19.9 Å². The number of fused-ring (bicyclic) bond motifs is 3. The second kappa shape index (κ2) is 9.81. The van der Waals surface area contributed by atoms with Crippen molar-refractivity contribution in [2.75, 3.05) is 36.9 Å². The zero-order valence-electron chi connectivity index (χ0n) is 24.7. The molecule has 3 aromatic heterocycles. The molecule has 4 aliphatic rings. The molecule has 1 amide bonds. The number of piperazine rings is 1. The first-order valence-corrected chi connectivity index (χ1v) is 14.7. The molecular weight excluding hydrogens is 532 g/mol. The van der Waals surface area contributed by atoms with E-state index >= 15 is 0 Å². The Morgan fingerprint density at radius 3 is 2.74 bits per heavy atom. The molecule has 0 spiro atoms. The summed E-state index contributed by atoms with van der Waals surface area (Å²) in [4.78, 5) is 37.9. The number of carbonyl (C=O) groups is 1. The van der Waals surface area contributed by atoms with E-state index in [-0.39, 0.29) is 29.5 Å². The van der Waals surface area contributed by atoms with Gasteiger partial charge in [-0.1, -0.05) is 13.8 Å². The molecule has 1 aliphatic carbocycles. The molecule has 1 atom stereocenters. The van der Waals surface area contributed by atoms with Crippen LogP contribution in [-0.2, 0) is 31.5 Å². The van der Waals surface area contributed by atoms with Crippen molar-refractivity contribution >= 4 is 23.2 Å². The van der Waals surface area contributed by atoms with Crippen molar-refractivity contribution in [1.29, 1.82) is 0 Å². The van der Waals surface area contributed by atoms with Gasteiger partial charge in [0.25, 0.3) is 11.5 Å². The predicted molar refractivity (Wildman–Crippen MR) is 160 cm³/mol. The zero-order chi connectivity index (χ0) is 29.3. The molecule has 0 aromatic carbocycles. The van der Waals surface area contributed by atoms with E-state index in [2.05, 4.69) is 46.1 Å². The Morgan fingerprint density at radius 2 is 1.93 bits per heavy atom. The maximum atomic E-state index is 13.8. The van der Waals surface area contributed by atoms with E-state index in [4.69, 9.17) is 0 Å². The Hall–Kier alpha value is -3.96. The van der Waals surface area contributed by atoms with E-state index < -0.39 is 0 Å². The Balaban J connectivity index is 1.19. The number of nitrogens with one attached hydrogen (secondary N) is 1. The van der Waals surface area contributed by atoms with Gasteiger partial charge in [-0.3, -0.25) is 24.1 Å². The van der Waals surface area contributed by atoms with Crippen LogP contribution in [0.5, 0.6) is 0 Å². The van der Waals surface area contributed by atoms with Crippen molar-refractivity contribution in [2.24, 2.45) is 12.5 Å². The summed E-state index contributed by atoms with van der Waals surface area (Å²) in [7, 11) is 3.79. The lowest BCUT2D eigenvalue weighted by molar-refractivity contribution is -0.124. The second-order valence-electron chi connectivity index (χ2n) is 13.0. The lowest BCUT2D eigenvalue weighted by Gasteiger charge is -2.40. The fourth-order valence-corrected chi connectivity index (χ4v) is 7.25. The van der Waals surface area contributed by atoms with Crippen molar-refractivity contribution in [2.45, 2.75) is 58.8 Å². The Bertz CT molecular complexity index is 1690. The summed E-state index contributed by atoms with van der Waals surface area (Å²) in [6.07, 6.45) is 6.26. The van der Waals surface area contributed by atoms with Crippen LogP contribution in [-0.4, -0.2) is 72.9 Å². The van der Waals surface area contributed by atoms with Gasteiger partial charge in [0.15, 0.2) is 5.82 Å². The molecule has 0 saturated carbocycles. The van der Waals surface area contributed by atoms with E-state index in [1.807, 2.05) is 16.8 Å². The van der Waals surface area contributed by atoms with E-state index in [0.717, 1.165) is 62.3 Å². The summed E-state index contributed by atoms with van der Waals surface area (Å²) in [6, 6.07) is 5.40. The van der Waals surface area contributed by atoms with Crippen LogP contribution < -0.4 is 15.8 Å². The first-order chi connectivity index (χ1) is 20.1. The Morgan fingerprint density at radius 1 is 1.10 bits per heavy atom. The molecule has 0 radical (unpaired) electrons. The summed E-state index contributed by atoms with van der Waals surface area (Å²) in [5.74, 6) is 1.14. The number of aliphatic hydroxyl groups excluding tert-OH is 1. The third-order valence-corrected chi connectivity index (χ3v) is 9.22. The van der Waals surface area contributed by atoms with Crippen molar-refractivity contribution in [3.05, 3.63) is 63.5 Å². The highest BCUT2D eigenvalue weighted by Crippen LogP contribution is 2.50. The number of aromatic nitrogens is 4. The van der Waals surface area contributed by atoms with Gasteiger partial charge in [0.2, 0.25) is 0 Å². The largest absolute Gasteiger partial charge is 0.392 e. The number of anilines is 3. The number of nitrogens with zero attached hydrogens (tertiary/aromatic N) is 7. The Labute approximate surface area is 245 Å². The standard InChI is InChI=1S/C31H38N8O3/c1-31(2)14-19-12-25-30(42)38(9-8-37(25)26(19)15-31)28-23(18-40)22(5-6-32-28)20-11-24(29(41)36(4)16-20)33-27-13-21-17-35(3)7-10-39(21)34-27/h5-6,11,13,16,25,40H,7-10,12,14-15,17-18H2,1-4H3,(H,33,34). The van der Waals surface area contributed by atoms with Gasteiger partial charge in [0.1, 0.15) is 17.5 Å². The van der Waals surface area contributed by atoms with Crippen molar-refractivity contribution in [1.82, 2.24) is 29.1 Å². The van der Waals surface area contributed by atoms with Crippen LogP contribution in [0.4, 0.5) is 17.3 Å². The zero-order valence-corrected chi connectivity index (χ0v) is 24.7. The van der Waals surface area contributed by atoms with E-state index in [0.29, 0.717) is 29.4 Å². The number of aliphatic hydroxyl groups is 1. The van der Waals surface area contributed by atoms with Gasteiger partial charge in [-0.05, 0) is 55.0 Å². The van der Waals surface area contributed by atoms with Crippen LogP contribution in [0.25, 0.3) is 11.1 Å². The third-order valence-electron chi connectivity index (χ3n) is 9.22. The van der Waals surface area contributed by atoms with Gasteiger partial charge in [-0.15, -0.1) is 0 Å². The number of carbonyl (C=O) groups excluding carboxylic acids is 1. The molecule has 1 unspecified atom stereocenters. The topological polar surface area (TPSA) is 112 Å². The summed E-state index contributed by atoms with van der Waals surface area (Å²) in [5.41, 5.74) is 6.38. The number of amides is 1. The minimum Gasteiger partial charge on any atom is -0.392 e. The SMILES string of the molecule is CN1CCn2nc(Nc3cc(-c4ccnc(N5CCN6C7=C(CC6C5=O)CC(C)(C)C7)c4CO)cn(C)c3=O)cc2C1. The predicted octanol–water partition coefficient (Wildman–Crippen LogP) is 2.82. The lowest BCUT2D eigenvalue weighted by atomic mass is 9.87. The normalized spacial score (nSPS) is 21.5. The number of hydrogen-bond donors (Lipinski definition) is 2. The highest BCUT2D eigenvalue weighted by Gasteiger charge is 2.47. The van der Waals surface area contributed by atoms with Crippen LogP contribution in [0.2, 0.25) is 0 Å². The van der Waals surface area contributed by atoms with Crippen molar-refractivity contribution < 1.29 is 9.90 Å². The molecule has 0 bridgehead atoms. The van der Waals surface area contributed by atoms with Gasteiger partial charge in [-0.2, -0.15) is 5.10 Å². The number of likely N-dealkylation sites (N-methyl/N-ethyl adjacent to an activating group) is 1. The number of rotatable bonds is 5. The molecule has 2 N–H and O–H groups in total. The second-order valence-corrected chi connectivity index (χ2v) is 13.0. The number of aryl methyl sites for hydroxylation is 1. The minimum atomic E-state index is -0.285. The molecule has 6 heterocycles. The maximum absolute atomic E-state index is 13.8. The molecule has 1 fully saturated rings. The molecule has 3 aromatic rings. The van der Waals surface area contributed by atoms with E-state index in [1.54, 1.807) is 30.4 Å². The van der Waals surface area contributed by atoms with E-state index in [9.17, 15) is 14.7 Å². The first-order valence-electron chi connectivity index (χ1n) is 14.7. The summed E-state index contributed by atoms with van der Waals surface area (Å²) in [6.45, 7) is 8.09. The molecule has 7 rings (SSSR count). The molecule has 42 heavy (non-hydrogen) atoms.